The Morgan fingerprint density at radius 2 is 1.68 bits per heavy atom. The molecule has 0 saturated carbocycles. The Labute approximate surface area is 175 Å². The fraction of sp³-hybridized carbons (Fsp3) is 0.318. The van der Waals surface area contributed by atoms with Gasteiger partial charge in [0.1, 0.15) is 17.2 Å². The highest BCUT2D eigenvalue weighted by atomic mass is 19.4. The van der Waals surface area contributed by atoms with Crippen molar-refractivity contribution in [3.63, 3.8) is 0 Å². The van der Waals surface area contributed by atoms with Gasteiger partial charge in [0.05, 0.1) is 17.3 Å². The highest BCUT2D eigenvalue weighted by molar-refractivity contribution is 6.09. The molecule has 9 heteroatoms. The molecule has 3 heterocycles. The molecule has 1 aromatic carbocycles. The molecule has 0 unspecified atom stereocenters. The van der Waals surface area contributed by atoms with Gasteiger partial charge < -0.3 is 4.90 Å². The topological polar surface area (TPSA) is 54.7 Å². The Hall–Kier alpha value is -3.23. The molecule has 1 aliphatic rings. The number of hydrogen-bond donors (Lipinski definition) is 0. The zero-order valence-electron chi connectivity index (χ0n) is 16.5. The molecule has 31 heavy (non-hydrogen) atoms. The number of carbonyl (C=O) groups excluding carboxylic acids is 2. The minimum absolute atomic E-state index is 0.129. The van der Waals surface area contributed by atoms with Crippen molar-refractivity contribution < 1.29 is 27.2 Å². The van der Waals surface area contributed by atoms with E-state index in [-0.39, 0.29) is 28.4 Å². The molecule has 5 nitrogen and oxygen atoms in total. The van der Waals surface area contributed by atoms with Gasteiger partial charge in [-0.1, -0.05) is 12.8 Å². The number of halogens is 4. The van der Waals surface area contributed by atoms with Crippen molar-refractivity contribution in [3.05, 3.63) is 70.9 Å². The molecule has 2 aromatic heterocycles. The number of nitrogens with zero attached hydrogens (tertiary/aromatic N) is 3. The first-order valence-corrected chi connectivity index (χ1v) is 9.93. The summed E-state index contributed by atoms with van der Waals surface area (Å²) in [5.41, 5.74) is -1.23. The fourth-order valence-corrected chi connectivity index (χ4v) is 3.74. The summed E-state index contributed by atoms with van der Waals surface area (Å²) in [4.78, 5) is 31.1. The van der Waals surface area contributed by atoms with Crippen LogP contribution < -0.4 is 0 Å². The Kier molecular flexibility index (Phi) is 5.51. The predicted molar refractivity (Wildman–Crippen MR) is 104 cm³/mol. The van der Waals surface area contributed by atoms with Crippen molar-refractivity contribution in [1.82, 2.24) is 14.3 Å². The van der Waals surface area contributed by atoms with Crippen molar-refractivity contribution in [2.75, 3.05) is 13.1 Å². The third-order valence-corrected chi connectivity index (χ3v) is 5.42. The van der Waals surface area contributed by atoms with Crippen molar-refractivity contribution in [3.8, 4) is 0 Å². The highest BCUT2D eigenvalue weighted by Gasteiger charge is 2.31. The van der Waals surface area contributed by atoms with Crippen LogP contribution in [0.15, 0.2) is 42.7 Å². The Morgan fingerprint density at radius 3 is 2.32 bits per heavy atom. The molecular formula is C22H19F4N3O2. The summed E-state index contributed by atoms with van der Waals surface area (Å²) in [5, 5.41) is 0. The summed E-state index contributed by atoms with van der Waals surface area (Å²) < 4.78 is 54.8. The maximum atomic E-state index is 14.8. The molecule has 3 aromatic rings. The van der Waals surface area contributed by atoms with E-state index >= 15 is 0 Å². The van der Waals surface area contributed by atoms with Crippen LogP contribution in [0.25, 0.3) is 5.65 Å². The summed E-state index contributed by atoms with van der Waals surface area (Å²) in [6.07, 6.45) is 1.12. The SMILES string of the molecule is O=C(c1ccc(C(=O)N2CCCCCC2)cc1F)c1cnc2ccc(C(F)(F)F)cn12. The lowest BCUT2D eigenvalue weighted by Gasteiger charge is -2.20. The van der Waals surface area contributed by atoms with Crippen LogP contribution in [0.5, 0.6) is 0 Å². The summed E-state index contributed by atoms with van der Waals surface area (Å²) >= 11 is 0. The van der Waals surface area contributed by atoms with Crippen LogP contribution in [0.4, 0.5) is 17.6 Å². The number of rotatable bonds is 3. The molecular weight excluding hydrogens is 414 g/mol. The van der Waals surface area contributed by atoms with Gasteiger partial charge in [0.25, 0.3) is 5.91 Å². The van der Waals surface area contributed by atoms with Gasteiger partial charge in [-0.3, -0.25) is 14.0 Å². The van der Waals surface area contributed by atoms with Crippen LogP contribution in [-0.2, 0) is 6.18 Å². The van der Waals surface area contributed by atoms with Crippen LogP contribution in [0.3, 0.4) is 0 Å². The third-order valence-electron chi connectivity index (χ3n) is 5.42. The van der Waals surface area contributed by atoms with E-state index in [9.17, 15) is 27.2 Å². The lowest BCUT2D eigenvalue weighted by molar-refractivity contribution is -0.137. The van der Waals surface area contributed by atoms with Gasteiger partial charge in [-0.25, -0.2) is 9.37 Å². The summed E-state index contributed by atoms with van der Waals surface area (Å²) in [7, 11) is 0. The van der Waals surface area contributed by atoms with E-state index in [1.165, 1.54) is 12.1 Å². The van der Waals surface area contributed by atoms with E-state index in [0.29, 0.717) is 13.1 Å². The number of pyridine rings is 1. The number of hydrogen-bond acceptors (Lipinski definition) is 3. The molecule has 0 N–H and O–H groups in total. The van der Waals surface area contributed by atoms with E-state index in [1.807, 2.05) is 0 Å². The van der Waals surface area contributed by atoms with Gasteiger partial charge in [-0.2, -0.15) is 13.2 Å². The molecule has 162 valence electrons. The number of carbonyl (C=O) groups is 2. The molecule has 0 atom stereocenters. The number of amides is 1. The maximum absolute atomic E-state index is 14.8. The second-order valence-electron chi connectivity index (χ2n) is 7.52. The number of benzene rings is 1. The third kappa shape index (κ3) is 4.17. The second kappa shape index (κ2) is 8.13. The van der Waals surface area contributed by atoms with Gasteiger partial charge in [-0.05, 0) is 43.2 Å². The molecule has 0 radical (unpaired) electrons. The van der Waals surface area contributed by atoms with Crippen LogP contribution in [-0.4, -0.2) is 39.1 Å². The molecule has 1 aliphatic heterocycles. The summed E-state index contributed by atoms with van der Waals surface area (Å²) in [5.74, 6) is -2.03. The van der Waals surface area contributed by atoms with Crippen molar-refractivity contribution in [1.29, 1.82) is 0 Å². The molecule has 0 bridgehead atoms. The van der Waals surface area contributed by atoms with E-state index in [0.717, 1.165) is 60.7 Å². The minimum Gasteiger partial charge on any atom is -0.339 e. The molecule has 1 fully saturated rings. The van der Waals surface area contributed by atoms with Crippen LogP contribution >= 0.6 is 0 Å². The van der Waals surface area contributed by atoms with Crippen LogP contribution in [0.2, 0.25) is 0 Å². The first-order valence-electron chi connectivity index (χ1n) is 9.93. The average molecular weight is 433 g/mol. The minimum atomic E-state index is -4.60. The van der Waals surface area contributed by atoms with E-state index < -0.39 is 23.3 Å². The van der Waals surface area contributed by atoms with Gasteiger partial charge >= 0.3 is 6.18 Å². The molecule has 0 aliphatic carbocycles. The first-order chi connectivity index (χ1) is 14.8. The number of ketones is 1. The van der Waals surface area contributed by atoms with E-state index in [1.54, 1.807) is 4.90 Å². The Morgan fingerprint density at radius 1 is 0.968 bits per heavy atom. The zero-order chi connectivity index (χ0) is 22.2. The van der Waals surface area contributed by atoms with Crippen molar-refractivity contribution >= 4 is 17.3 Å². The largest absolute Gasteiger partial charge is 0.417 e. The van der Waals surface area contributed by atoms with E-state index in [4.69, 9.17) is 0 Å². The van der Waals surface area contributed by atoms with Crippen molar-refractivity contribution in [2.45, 2.75) is 31.9 Å². The predicted octanol–water partition coefficient (Wildman–Crippen LogP) is 4.74. The molecule has 1 saturated heterocycles. The lowest BCUT2D eigenvalue weighted by atomic mass is 10.0. The zero-order valence-corrected chi connectivity index (χ0v) is 16.5. The number of aromatic nitrogens is 2. The van der Waals surface area contributed by atoms with Crippen molar-refractivity contribution in [2.24, 2.45) is 0 Å². The Bertz CT molecular complexity index is 1150. The van der Waals surface area contributed by atoms with Crippen LogP contribution in [0.1, 0.15) is 57.7 Å². The number of imidazole rings is 1. The molecule has 0 spiro atoms. The van der Waals surface area contributed by atoms with Crippen LogP contribution in [0, 0.1) is 5.82 Å². The van der Waals surface area contributed by atoms with Gasteiger partial charge in [0.2, 0.25) is 5.78 Å². The lowest BCUT2D eigenvalue weighted by Crippen LogP contribution is -2.32. The molecule has 1 amide bonds. The summed E-state index contributed by atoms with van der Waals surface area (Å²) in [6, 6.07) is 5.56. The van der Waals surface area contributed by atoms with Gasteiger partial charge in [-0.15, -0.1) is 0 Å². The Balaban J connectivity index is 1.64. The standard InChI is InChI=1S/C22H19F4N3O2/c23-17-11-14(21(31)28-9-3-1-2-4-10-28)5-7-16(17)20(30)18-12-27-19-8-6-15(13-29(18)19)22(24,25)26/h5-8,11-13H,1-4,9-10H2. The highest BCUT2D eigenvalue weighted by Crippen LogP contribution is 2.30. The van der Waals surface area contributed by atoms with Gasteiger partial charge in [0.15, 0.2) is 0 Å². The number of likely N-dealkylation sites (tertiary alicyclic amines) is 1. The summed E-state index contributed by atoms with van der Waals surface area (Å²) in [6.45, 7) is 1.20. The number of alkyl halides is 3. The first kappa shape index (κ1) is 21.0. The fourth-order valence-electron chi connectivity index (χ4n) is 3.74. The van der Waals surface area contributed by atoms with E-state index in [2.05, 4.69) is 4.98 Å². The maximum Gasteiger partial charge on any atom is 0.417 e. The monoisotopic (exact) mass is 433 g/mol. The van der Waals surface area contributed by atoms with Gasteiger partial charge in [0, 0.05) is 24.8 Å². The normalized spacial score (nSPS) is 15.2. The number of fused-ring (bicyclic) bond motifs is 1. The smallest absolute Gasteiger partial charge is 0.339 e. The average Bonchev–Trinajstić information content (AvgIpc) is 2.97. The quantitative estimate of drug-likeness (QED) is 0.443. The second-order valence-corrected chi connectivity index (χ2v) is 7.52. The molecule has 4 rings (SSSR count).